The molecule has 0 atom stereocenters. The van der Waals surface area contributed by atoms with Gasteiger partial charge in [-0.2, -0.15) is 0 Å². The first-order valence-corrected chi connectivity index (χ1v) is 10.3. The fourth-order valence-corrected chi connectivity index (χ4v) is 4.35. The van der Waals surface area contributed by atoms with Crippen molar-refractivity contribution >= 4 is 5.78 Å². The van der Waals surface area contributed by atoms with Gasteiger partial charge in [0.05, 0.1) is 12.0 Å². The van der Waals surface area contributed by atoms with Crippen LogP contribution >= 0.6 is 0 Å². The lowest BCUT2D eigenvalue weighted by atomic mass is 9.87. The van der Waals surface area contributed by atoms with Gasteiger partial charge in [0.1, 0.15) is 5.78 Å². The molecule has 3 aromatic rings. The summed E-state index contributed by atoms with van der Waals surface area (Å²) in [5, 5.41) is 9.23. The molecule has 2 aliphatic rings. The number of carbonyl (C=O) groups is 1. The van der Waals surface area contributed by atoms with E-state index < -0.39 is 0 Å². The number of aryl methyl sites for hydroxylation is 1. The van der Waals surface area contributed by atoms with Crippen molar-refractivity contribution in [1.82, 2.24) is 0 Å². The molecule has 152 valence electrons. The van der Waals surface area contributed by atoms with E-state index in [-0.39, 0.29) is 24.6 Å². The number of Topliss-reactive ketones (excluding diaryl/α,β-unsaturated/α-hetero) is 1. The number of ketones is 1. The van der Waals surface area contributed by atoms with E-state index in [2.05, 4.69) is 25.1 Å². The van der Waals surface area contributed by atoms with Gasteiger partial charge in [-0.25, -0.2) is 0 Å². The lowest BCUT2D eigenvalue weighted by Gasteiger charge is -2.16. The van der Waals surface area contributed by atoms with Crippen LogP contribution in [0.1, 0.15) is 35.1 Å². The minimum atomic E-state index is -0.381. The molecule has 0 bridgehead atoms. The number of carbonyl (C=O) groups excluding carboxylic acids is 1. The van der Waals surface area contributed by atoms with Crippen molar-refractivity contribution in [1.29, 1.82) is 0 Å². The number of aliphatic hydroxyl groups excluding tert-OH is 1. The second-order valence-electron chi connectivity index (χ2n) is 8.25. The molecule has 0 spiro atoms. The average Bonchev–Trinajstić information content (AvgIpc) is 3.45. The summed E-state index contributed by atoms with van der Waals surface area (Å²) in [5.41, 5.74) is 6.00. The van der Waals surface area contributed by atoms with Gasteiger partial charge in [-0.3, -0.25) is 4.79 Å². The fraction of sp³-hybridized carbons (Fsp3) is 0.269. The van der Waals surface area contributed by atoms with Gasteiger partial charge in [0, 0.05) is 6.42 Å². The van der Waals surface area contributed by atoms with Crippen molar-refractivity contribution in [3.05, 3.63) is 82.9 Å². The Kier molecular flexibility index (Phi) is 4.59. The van der Waals surface area contributed by atoms with Gasteiger partial charge in [0.25, 0.3) is 0 Å². The van der Waals surface area contributed by atoms with Gasteiger partial charge < -0.3 is 14.6 Å². The molecule has 0 radical (unpaired) electrons. The second-order valence-corrected chi connectivity index (χ2v) is 8.25. The van der Waals surface area contributed by atoms with E-state index in [0.717, 1.165) is 57.7 Å². The Bertz CT molecular complexity index is 1110. The Morgan fingerprint density at radius 3 is 2.37 bits per heavy atom. The summed E-state index contributed by atoms with van der Waals surface area (Å²) in [5.74, 6) is 1.75. The number of aliphatic hydroxyl groups is 1. The SMILES string of the molecule is Cc1cc(CC(=O)C2(c3ccc4c(c3)OCO4)CC2)ccc1-c1ccc(CO)cc1. The molecule has 1 N–H and O–H groups in total. The number of hydrogen-bond acceptors (Lipinski definition) is 4. The van der Waals surface area contributed by atoms with Crippen LogP contribution in [-0.2, 0) is 23.2 Å². The van der Waals surface area contributed by atoms with E-state index in [1.54, 1.807) is 0 Å². The Morgan fingerprint density at radius 1 is 0.933 bits per heavy atom. The maximum absolute atomic E-state index is 13.2. The number of rotatable bonds is 6. The van der Waals surface area contributed by atoms with Crippen LogP contribution in [0.2, 0.25) is 0 Å². The van der Waals surface area contributed by atoms with E-state index in [4.69, 9.17) is 9.47 Å². The molecule has 1 fully saturated rings. The van der Waals surface area contributed by atoms with Crippen molar-refractivity contribution in [2.75, 3.05) is 6.79 Å². The standard InChI is InChI=1S/C26H24O4/c1-17-12-19(4-8-22(17)20-5-2-18(15-27)3-6-20)13-25(28)26(10-11-26)21-7-9-23-24(14-21)30-16-29-23/h2-9,12,14,27H,10-11,13,15-16H2,1H3. The molecule has 4 heteroatoms. The summed E-state index contributed by atoms with van der Waals surface area (Å²) >= 11 is 0. The molecule has 0 amide bonds. The number of benzene rings is 3. The Balaban J connectivity index is 1.35. The highest BCUT2D eigenvalue weighted by Gasteiger charge is 2.50. The van der Waals surface area contributed by atoms with E-state index in [9.17, 15) is 9.90 Å². The largest absolute Gasteiger partial charge is 0.454 e. The summed E-state index contributed by atoms with van der Waals surface area (Å²) in [7, 11) is 0. The third kappa shape index (κ3) is 3.27. The lowest BCUT2D eigenvalue weighted by Crippen LogP contribution is -2.22. The second kappa shape index (κ2) is 7.29. The summed E-state index contributed by atoms with van der Waals surface area (Å²) in [4.78, 5) is 13.2. The number of ether oxygens (including phenoxy) is 2. The molecule has 0 unspecified atom stereocenters. The predicted molar refractivity (Wildman–Crippen MR) is 115 cm³/mol. The monoisotopic (exact) mass is 400 g/mol. The molecule has 30 heavy (non-hydrogen) atoms. The molecule has 1 aliphatic carbocycles. The van der Waals surface area contributed by atoms with Crippen LogP contribution in [0.4, 0.5) is 0 Å². The first-order valence-electron chi connectivity index (χ1n) is 10.3. The van der Waals surface area contributed by atoms with E-state index in [1.807, 2.05) is 42.5 Å². The third-order valence-corrected chi connectivity index (χ3v) is 6.31. The summed E-state index contributed by atoms with van der Waals surface area (Å²) in [6.07, 6.45) is 2.21. The van der Waals surface area contributed by atoms with Crippen LogP contribution < -0.4 is 9.47 Å². The van der Waals surface area contributed by atoms with Crippen molar-refractivity contribution in [3.8, 4) is 22.6 Å². The van der Waals surface area contributed by atoms with Crippen molar-refractivity contribution in [2.24, 2.45) is 0 Å². The van der Waals surface area contributed by atoms with Crippen LogP contribution in [0.25, 0.3) is 11.1 Å². The minimum absolute atomic E-state index is 0.0471. The maximum Gasteiger partial charge on any atom is 0.231 e. The zero-order chi connectivity index (χ0) is 20.7. The third-order valence-electron chi connectivity index (χ3n) is 6.31. The highest BCUT2D eigenvalue weighted by molar-refractivity contribution is 5.95. The first-order chi connectivity index (χ1) is 14.6. The van der Waals surface area contributed by atoms with Crippen LogP contribution in [-0.4, -0.2) is 17.7 Å². The van der Waals surface area contributed by atoms with Gasteiger partial charge >= 0.3 is 0 Å². The molecule has 3 aromatic carbocycles. The fourth-order valence-electron chi connectivity index (χ4n) is 4.35. The van der Waals surface area contributed by atoms with E-state index in [1.165, 1.54) is 0 Å². The van der Waals surface area contributed by atoms with Gasteiger partial charge in [-0.05, 0) is 65.3 Å². The normalized spacial score (nSPS) is 15.8. The maximum atomic E-state index is 13.2. The summed E-state index contributed by atoms with van der Waals surface area (Å²) < 4.78 is 10.9. The van der Waals surface area contributed by atoms with Gasteiger partial charge in [0.2, 0.25) is 6.79 Å². The Morgan fingerprint density at radius 2 is 1.67 bits per heavy atom. The summed E-state index contributed by atoms with van der Waals surface area (Å²) in [6, 6.07) is 20.1. The average molecular weight is 400 g/mol. The smallest absolute Gasteiger partial charge is 0.231 e. The molecule has 0 aromatic heterocycles. The van der Waals surface area contributed by atoms with Gasteiger partial charge in [0.15, 0.2) is 11.5 Å². The van der Waals surface area contributed by atoms with Crippen molar-refractivity contribution in [2.45, 2.75) is 38.2 Å². The zero-order valence-corrected chi connectivity index (χ0v) is 17.0. The summed E-state index contributed by atoms with van der Waals surface area (Å²) in [6.45, 7) is 2.37. The van der Waals surface area contributed by atoms with Gasteiger partial charge in [-0.1, -0.05) is 48.5 Å². The van der Waals surface area contributed by atoms with Crippen LogP contribution in [0, 0.1) is 6.92 Å². The quantitative estimate of drug-likeness (QED) is 0.650. The molecule has 1 heterocycles. The molecule has 1 aliphatic heterocycles. The van der Waals surface area contributed by atoms with Crippen LogP contribution in [0.15, 0.2) is 60.7 Å². The predicted octanol–water partition coefficient (Wildman–Crippen LogP) is 4.73. The lowest BCUT2D eigenvalue weighted by molar-refractivity contribution is -0.120. The van der Waals surface area contributed by atoms with Crippen LogP contribution in [0.5, 0.6) is 11.5 Å². The van der Waals surface area contributed by atoms with Gasteiger partial charge in [-0.15, -0.1) is 0 Å². The highest BCUT2D eigenvalue weighted by atomic mass is 16.7. The molecule has 5 rings (SSSR count). The topological polar surface area (TPSA) is 55.8 Å². The highest BCUT2D eigenvalue weighted by Crippen LogP contribution is 2.51. The number of hydrogen-bond donors (Lipinski definition) is 1. The van der Waals surface area contributed by atoms with Crippen molar-refractivity contribution in [3.63, 3.8) is 0 Å². The molecule has 0 saturated heterocycles. The molecular formula is C26H24O4. The zero-order valence-electron chi connectivity index (χ0n) is 17.0. The minimum Gasteiger partial charge on any atom is -0.454 e. The van der Waals surface area contributed by atoms with Crippen molar-refractivity contribution < 1.29 is 19.4 Å². The molecule has 4 nitrogen and oxygen atoms in total. The first kappa shape index (κ1) is 18.9. The molecule has 1 saturated carbocycles. The van der Waals surface area contributed by atoms with E-state index >= 15 is 0 Å². The molecular weight excluding hydrogens is 376 g/mol. The van der Waals surface area contributed by atoms with E-state index in [0.29, 0.717) is 6.42 Å². The van der Waals surface area contributed by atoms with Crippen LogP contribution in [0.3, 0.4) is 0 Å². The number of fused-ring (bicyclic) bond motifs is 1. The Hall–Kier alpha value is -3.11. The Labute approximate surface area is 176 Å².